The van der Waals surface area contributed by atoms with Gasteiger partial charge in [0.05, 0.1) is 16.3 Å². The van der Waals surface area contributed by atoms with Crippen molar-refractivity contribution >= 4 is 17.6 Å². The van der Waals surface area contributed by atoms with Gasteiger partial charge in [0, 0.05) is 5.56 Å². The van der Waals surface area contributed by atoms with Gasteiger partial charge in [-0.15, -0.1) is 5.10 Å². The van der Waals surface area contributed by atoms with E-state index in [2.05, 4.69) is 15.5 Å². The molecule has 6 nitrogen and oxygen atoms in total. The molecule has 22 heavy (non-hydrogen) atoms. The summed E-state index contributed by atoms with van der Waals surface area (Å²) in [6.45, 7) is 0. The van der Waals surface area contributed by atoms with E-state index in [9.17, 15) is 14.3 Å². The van der Waals surface area contributed by atoms with E-state index >= 15 is 0 Å². The predicted molar refractivity (Wildman–Crippen MR) is 76.5 cm³/mol. The highest BCUT2D eigenvalue weighted by Gasteiger charge is 2.12. The van der Waals surface area contributed by atoms with Crippen molar-refractivity contribution < 1.29 is 14.3 Å². The molecule has 0 aliphatic heterocycles. The number of tetrazole rings is 1. The largest absolute Gasteiger partial charge is 0.478 e. The monoisotopic (exact) mass is 318 g/mol. The normalized spacial score (nSPS) is 10.6. The summed E-state index contributed by atoms with van der Waals surface area (Å²) in [5, 5.41) is 20.2. The van der Waals surface area contributed by atoms with Crippen LogP contribution in [0.4, 0.5) is 4.39 Å². The van der Waals surface area contributed by atoms with Gasteiger partial charge < -0.3 is 5.11 Å². The molecular formula is C14H8ClFN4O2. The van der Waals surface area contributed by atoms with E-state index in [1.807, 2.05) is 0 Å². The fourth-order valence-electron chi connectivity index (χ4n) is 2.03. The van der Waals surface area contributed by atoms with Crippen LogP contribution >= 0.6 is 11.6 Å². The number of aromatic carboxylic acids is 1. The molecule has 110 valence electrons. The molecule has 0 radical (unpaired) electrons. The molecule has 0 aliphatic rings. The maximum Gasteiger partial charge on any atom is 0.335 e. The van der Waals surface area contributed by atoms with Gasteiger partial charge in [0.1, 0.15) is 12.1 Å². The van der Waals surface area contributed by atoms with Crippen molar-refractivity contribution in [2.45, 2.75) is 0 Å². The van der Waals surface area contributed by atoms with Crippen LogP contribution in [0.15, 0.2) is 42.7 Å². The van der Waals surface area contributed by atoms with Gasteiger partial charge in [-0.1, -0.05) is 11.6 Å². The zero-order valence-corrected chi connectivity index (χ0v) is 11.7. The maximum absolute atomic E-state index is 13.2. The van der Waals surface area contributed by atoms with Gasteiger partial charge in [0.25, 0.3) is 0 Å². The summed E-state index contributed by atoms with van der Waals surface area (Å²) >= 11 is 6.04. The van der Waals surface area contributed by atoms with Crippen LogP contribution in [0.3, 0.4) is 0 Å². The van der Waals surface area contributed by atoms with Gasteiger partial charge in [-0.05, 0) is 52.4 Å². The van der Waals surface area contributed by atoms with Crippen LogP contribution in [-0.2, 0) is 0 Å². The average molecular weight is 319 g/mol. The summed E-state index contributed by atoms with van der Waals surface area (Å²) < 4.78 is 14.5. The van der Waals surface area contributed by atoms with Crippen LogP contribution in [0.2, 0.25) is 5.02 Å². The van der Waals surface area contributed by atoms with E-state index in [0.29, 0.717) is 16.8 Å². The summed E-state index contributed by atoms with van der Waals surface area (Å²) in [5.41, 5.74) is 1.54. The van der Waals surface area contributed by atoms with E-state index in [1.165, 1.54) is 41.3 Å². The first-order valence-electron chi connectivity index (χ1n) is 6.12. The molecule has 2 aromatic carbocycles. The lowest BCUT2D eigenvalue weighted by Gasteiger charge is -2.09. The Balaban J connectivity index is 2.20. The minimum absolute atomic E-state index is 0.0448. The second kappa shape index (κ2) is 5.53. The molecule has 1 N–H and O–H groups in total. The number of hydrogen-bond donors (Lipinski definition) is 1. The molecule has 0 atom stereocenters. The number of carboxylic acid groups (broad SMARTS) is 1. The van der Waals surface area contributed by atoms with Crippen molar-refractivity contribution in [1.82, 2.24) is 20.2 Å². The van der Waals surface area contributed by atoms with Crippen LogP contribution < -0.4 is 0 Å². The molecule has 0 aliphatic carbocycles. The number of benzene rings is 2. The number of hydrogen-bond acceptors (Lipinski definition) is 4. The van der Waals surface area contributed by atoms with Crippen molar-refractivity contribution in [1.29, 1.82) is 0 Å². The highest BCUT2D eigenvalue weighted by molar-refractivity contribution is 6.33. The highest BCUT2D eigenvalue weighted by atomic mass is 35.5. The van der Waals surface area contributed by atoms with E-state index in [0.717, 1.165) is 0 Å². The number of carbonyl (C=O) groups is 1. The first-order chi connectivity index (χ1) is 10.5. The lowest BCUT2D eigenvalue weighted by molar-refractivity contribution is 0.0697. The fourth-order valence-corrected chi connectivity index (χ4v) is 2.30. The maximum atomic E-state index is 13.2. The standard InChI is InChI=1S/C14H8ClFN4O2/c15-13-6-10(16)1-2-12(13)8-3-9(14(21)22)5-11(4-8)20-7-17-18-19-20/h1-7H,(H,21,22). The number of halogens is 2. The third-order valence-corrected chi connectivity index (χ3v) is 3.33. The van der Waals surface area contributed by atoms with Crippen LogP contribution in [-0.4, -0.2) is 31.3 Å². The quantitative estimate of drug-likeness (QED) is 0.803. The highest BCUT2D eigenvalue weighted by Crippen LogP contribution is 2.30. The number of rotatable bonds is 3. The van der Waals surface area contributed by atoms with Crippen LogP contribution in [0, 0.1) is 5.82 Å². The Labute approximate surface area is 128 Å². The van der Waals surface area contributed by atoms with Gasteiger partial charge in [0.2, 0.25) is 0 Å². The second-order valence-corrected chi connectivity index (χ2v) is 4.86. The van der Waals surface area contributed by atoms with Crippen molar-refractivity contribution in [2.24, 2.45) is 0 Å². The lowest BCUT2D eigenvalue weighted by Crippen LogP contribution is -2.02. The van der Waals surface area contributed by atoms with E-state index in [-0.39, 0.29) is 10.6 Å². The summed E-state index contributed by atoms with van der Waals surface area (Å²) in [6, 6.07) is 8.46. The van der Waals surface area contributed by atoms with E-state index in [1.54, 1.807) is 6.07 Å². The lowest BCUT2D eigenvalue weighted by atomic mass is 10.0. The van der Waals surface area contributed by atoms with Gasteiger partial charge in [0.15, 0.2) is 0 Å². The topological polar surface area (TPSA) is 80.9 Å². The SMILES string of the molecule is O=C(O)c1cc(-c2ccc(F)cc2Cl)cc(-n2cnnn2)c1. The average Bonchev–Trinajstić information content (AvgIpc) is 3.01. The molecule has 0 spiro atoms. The molecule has 1 aromatic heterocycles. The van der Waals surface area contributed by atoms with E-state index in [4.69, 9.17) is 11.6 Å². The van der Waals surface area contributed by atoms with Gasteiger partial charge in [-0.3, -0.25) is 0 Å². The summed E-state index contributed by atoms with van der Waals surface area (Å²) in [6.07, 6.45) is 1.34. The van der Waals surface area contributed by atoms with Crippen LogP contribution in [0.5, 0.6) is 0 Å². The summed E-state index contributed by atoms with van der Waals surface area (Å²) in [4.78, 5) is 11.3. The van der Waals surface area contributed by atoms with Crippen LogP contribution in [0.1, 0.15) is 10.4 Å². The molecule has 0 saturated carbocycles. The first kappa shape index (κ1) is 14.2. The van der Waals surface area contributed by atoms with Gasteiger partial charge in [-0.25, -0.2) is 13.9 Å². The molecule has 0 saturated heterocycles. The van der Waals surface area contributed by atoms with Crippen molar-refractivity contribution in [3.8, 4) is 16.8 Å². The van der Waals surface area contributed by atoms with Crippen molar-refractivity contribution in [2.75, 3.05) is 0 Å². The Morgan fingerprint density at radius 3 is 2.68 bits per heavy atom. The minimum Gasteiger partial charge on any atom is -0.478 e. The Bertz CT molecular complexity index is 852. The zero-order valence-electron chi connectivity index (χ0n) is 10.9. The van der Waals surface area contributed by atoms with Gasteiger partial charge in [-0.2, -0.15) is 0 Å². The minimum atomic E-state index is -1.10. The molecule has 1 heterocycles. The summed E-state index contributed by atoms with van der Waals surface area (Å²) in [5.74, 6) is -1.57. The third kappa shape index (κ3) is 2.66. The Morgan fingerprint density at radius 1 is 1.23 bits per heavy atom. The molecule has 0 bridgehead atoms. The van der Waals surface area contributed by atoms with Crippen molar-refractivity contribution in [3.05, 3.63) is 59.1 Å². The molecule has 0 amide bonds. The predicted octanol–water partition coefficient (Wildman–Crippen LogP) is 2.82. The third-order valence-electron chi connectivity index (χ3n) is 3.02. The second-order valence-electron chi connectivity index (χ2n) is 4.45. The molecule has 3 rings (SSSR count). The fraction of sp³-hybridized carbons (Fsp3) is 0. The first-order valence-corrected chi connectivity index (χ1v) is 6.49. The molecule has 8 heteroatoms. The number of carboxylic acids is 1. The van der Waals surface area contributed by atoms with Crippen LogP contribution in [0.25, 0.3) is 16.8 Å². The van der Waals surface area contributed by atoms with E-state index < -0.39 is 11.8 Å². The molecule has 0 unspecified atom stereocenters. The summed E-state index contributed by atoms with van der Waals surface area (Å²) in [7, 11) is 0. The Kier molecular flexibility index (Phi) is 3.56. The molecule has 3 aromatic rings. The molecule has 0 fully saturated rings. The Morgan fingerprint density at radius 2 is 2.05 bits per heavy atom. The molecular weight excluding hydrogens is 311 g/mol. The zero-order chi connectivity index (χ0) is 15.7. The van der Waals surface area contributed by atoms with Crippen molar-refractivity contribution in [3.63, 3.8) is 0 Å². The van der Waals surface area contributed by atoms with Gasteiger partial charge >= 0.3 is 5.97 Å². The number of aromatic nitrogens is 4. The Hall–Kier alpha value is -2.80. The smallest absolute Gasteiger partial charge is 0.335 e. The number of nitrogens with zero attached hydrogens (tertiary/aromatic N) is 4.